The van der Waals surface area contributed by atoms with Crippen LogP contribution in [0.4, 0.5) is 4.79 Å². The molecule has 0 radical (unpaired) electrons. The van der Waals surface area contributed by atoms with Crippen molar-refractivity contribution in [2.75, 3.05) is 19.7 Å². The molecular formula is C23H34BNO5. The lowest BCUT2D eigenvalue weighted by Crippen LogP contribution is -2.41. The van der Waals surface area contributed by atoms with Gasteiger partial charge in [0.25, 0.3) is 0 Å². The van der Waals surface area contributed by atoms with Crippen LogP contribution in [0.15, 0.2) is 24.3 Å². The van der Waals surface area contributed by atoms with Crippen LogP contribution in [0, 0.1) is 17.8 Å². The van der Waals surface area contributed by atoms with E-state index in [-0.39, 0.29) is 24.4 Å². The van der Waals surface area contributed by atoms with E-state index < -0.39 is 5.60 Å². The monoisotopic (exact) mass is 415 g/mol. The predicted molar refractivity (Wildman–Crippen MR) is 116 cm³/mol. The Labute approximate surface area is 180 Å². The smallest absolute Gasteiger partial charge is 0.493 e. The highest BCUT2D eigenvalue weighted by molar-refractivity contribution is 6.62. The highest BCUT2D eigenvalue weighted by Crippen LogP contribution is 2.52. The van der Waals surface area contributed by atoms with Crippen molar-refractivity contribution in [3.8, 4) is 5.75 Å². The molecule has 2 aliphatic heterocycles. The quantitative estimate of drug-likeness (QED) is 0.705. The lowest BCUT2D eigenvalue weighted by molar-refractivity contribution is 0.00578. The number of hydrogen-bond acceptors (Lipinski definition) is 5. The van der Waals surface area contributed by atoms with E-state index in [9.17, 15) is 4.79 Å². The van der Waals surface area contributed by atoms with E-state index >= 15 is 0 Å². The summed E-state index contributed by atoms with van der Waals surface area (Å²) in [4.78, 5) is 14.0. The first kappa shape index (κ1) is 21.5. The number of carbonyl (C=O) groups excluding carboxylic acids is 1. The molecule has 164 valence electrons. The van der Waals surface area contributed by atoms with Crippen molar-refractivity contribution in [3.63, 3.8) is 0 Å². The number of amides is 1. The van der Waals surface area contributed by atoms with Crippen molar-refractivity contribution in [3.05, 3.63) is 24.3 Å². The van der Waals surface area contributed by atoms with Crippen molar-refractivity contribution in [2.45, 2.75) is 65.3 Å². The highest BCUT2D eigenvalue weighted by atomic mass is 16.7. The minimum atomic E-state index is -0.450. The van der Waals surface area contributed by atoms with E-state index in [0.717, 1.165) is 24.3 Å². The molecule has 2 saturated heterocycles. The molecule has 30 heavy (non-hydrogen) atoms. The molecule has 4 rings (SSSR count). The molecule has 1 saturated carbocycles. The van der Waals surface area contributed by atoms with Crippen LogP contribution >= 0.6 is 0 Å². The molecule has 0 aromatic heterocycles. The van der Waals surface area contributed by atoms with Crippen molar-refractivity contribution >= 4 is 18.7 Å². The number of benzene rings is 1. The number of hydrogen-bond donors (Lipinski definition) is 0. The maximum Gasteiger partial charge on any atom is 0.494 e. The van der Waals surface area contributed by atoms with E-state index in [1.54, 1.807) is 0 Å². The topological polar surface area (TPSA) is 57.2 Å². The van der Waals surface area contributed by atoms with Gasteiger partial charge in [-0.1, -0.05) is 12.1 Å². The van der Waals surface area contributed by atoms with Gasteiger partial charge in [0.15, 0.2) is 0 Å². The van der Waals surface area contributed by atoms with E-state index in [1.807, 2.05) is 49.9 Å². The van der Waals surface area contributed by atoms with E-state index in [0.29, 0.717) is 24.4 Å². The molecule has 3 aliphatic rings. The molecule has 3 atom stereocenters. The minimum absolute atomic E-state index is 0.204. The van der Waals surface area contributed by atoms with Gasteiger partial charge >= 0.3 is 13.2 Å². The fourth-order valence-corrected chi connectivity index (χ4v) is 4.29. The Morgan fingerprint density at radius 2 is 1.73 bits per heavy atom. The van der Waals surface area contributed by atoms with Crippen LogP contribution in [0.1, 0.15) is 48.5 Å². The number of rotatable bonds is 4. The lowest BCUT2D eigenvalue weighted by Gasteiger charge is -2.32. The molecular weight excluding hydrogens is 381 g/mol. The molecule has 7 heteroatoms. The van der Waals surface area contributed by atoms with Gasteiger partial charge in [-0.25, -0.2) is 4.79 Å². The molecule has 2 heterocycles. The second-order valence-electron chi connectivity index (χ2n) is 10.8. The van der Waals surface area contributed by atoms with Crippen LogP contribution in [0.25, 0.3) is 0 Å². The molecule has 6 nitrogen and oxygen atoms in total. The van der Waals surface area contributed by atoms with Crippen LogP contribution in [0.3, 0.4) is 0 Å². The number of fused-ring (bicyclic) bond motifs is 1. The molecule has 3 fully saturated rings. The van der Waals surface area contributed by atoms with Crippen LogP contribution in [0.5, 0.6) is 5.75 Å². The van der Waals surface area contributed by atoms with Crippen molar-refractivity contribution in [1.29, 1.82) is 0 Å². The maximum atomic E-state index is 12.2. The predicted octanol–water partition coefficient (Wildman–Crippen LogP) is 3.48. The van der Waals surface area contributed by atoms with E-state index in [4.69, 9.17) is 18.8 Å². The molecule has 0 unspecified atom stereocenters. The second kappa shape index (κ2) is 7.16. The fraction of sp³-hybridized carbons (Fsp3) is 0.696. The molecule has 0 N–H and O–H groups in total. The number of nitrogens with zero attached hydrogens (tertiary/aromatic N) is 1. The normalized spacial score (nSPS) is 29.0. The molecule has 0 bridgehead atoms. The van der Waals surface area contributed by atoms with Gasteiger partial charge < -0.3 is 23.7 Å². The number of ether oxygens (including phenoxy) is 2. The fourth-order valence-electron chi connectivity index (χ4n) is 4.29. The van der Waals surface area contributed by atoms with Gasteiger partial charge in [0.1, 0.15) is 11.4 Å². The summed E-state index contributed by atoms with van der Waals surface area (Å²) >= 11 is 0. The van der Waals surface area contributed by atoms with Gasteiger partial charge in [-0.15, -0.1) is 0 Å². The number of piperidine rings is 1. The summed E-state index contributed by atoms with van der Waals surface area (Å²) in [6, 6.07) is 7.97. The Morgan fingerprint density at radius 3 is 2.30 bits per heavy atom. The van der Waals surface area contributed by atoms with Gasteiger partial charge in [0.05, 0.1) is 17.8 Å². The number of likely N-dealkylation sites (tertiary alicyclic amines) is 1. The summed E-state index contributed by atoms with van der Waals surface area (Å²) in [5, 5.41) is 0. The molecule has 1 amide bonds. The van der Waals surface area contributed by atoms with Gasteiger partial charge in [0, 0.05) is 19.0 Å². The Balaban J connectivity index is 1.28. The Morgan fingerprint density at radius 1 is 1.13 bits per heavy atom. The van der Waals surface area contributed by atoms with Crippen LogP contribution in [-0.2, 0) is 14.0 Å². The molecule has 1 aliphatic carbocycles. The maximum absolute atomic E-state index is 12.2. The summed E-state index contributed by atoms with van der Waals surface area (Å²) in [6.07, 6.45) is -0.204. The summed E-state index contributed by atoms with van der Waals surface area (Å²) in [5.41, 5.74) is -0.201. The van der Waals surface area contributed by atoms with Gasteiger partial charge in [0.2, 0.25) is 0 Å². The zero-order valence-electron chi connectivity index (χ0n) is 19.2. The summed E-state index contributed by atoms with van der Waals surface area (Å²) in [6.45, 7) is 16.1. The van der Waals surface area contributed by atoms with Gasteiger partial charge in [-0.05, 0) is 77.9 Å². The first-order valence-electron chi connectivity index (χ1n) is 10.9. The third kappa shape index (κ3) is 4.19. The minimum Gasteiger partial charge on any atom is -0.493 e. The van der Waals surface area contributed by atoms with Crippen LogP contribution < -0.4 is 10.2 Å². The zero-order valence-corrected chi connectivity index (χ0v) is 19.2. The first-order valence-corrected chi connectivity index (χ1v) is 10.9. The lowest BCUT2D eigenvalue weighted by atomic mass is 9.79. The second-order valence-corrected chi connectivity index (χ2v) is 10.8. The molecule has 1 aromatic carbocycles. The Hall–Kier alpha value is -1.73. The average Bonchev–Trinajstić information content (AvgIpc) is 2.96. The van der Waals surface area contributed by atoms with Crippen molar-refractivity contribution in [1.82, 2.24) is 4.90 Å². The largest absolute Gasteiger partial charge is 0.494 e. The standard InChI is InChI=1S/C23H34BNO5/c1-21(2,3)28-20(26)25-12-17-18(13-25)19(17)14-27-16-10-8-9-15(11-16)24-29-22(4,5)23(6,7)30-24/h8-11,17-19H,12-14H2,1-7H3/t17-,18+,19+. The van der Waals surface area contributed by atoms with Gasteiger partial charge in [-0.3, -0.25) is 0 Å². The Kier molecular flexibility index (Phi) is 5.13. The summed E-state index contributed by atoms with van der Waals surface area (Å²) in [7, 11) is -0.388. The van der Waals surface area contributed by atoms with Crippen LogP contribution in [-0.4, -0.2) is 54.6 Å². The third-order valence-corrected chi connectivity index (χ3v) is 6.85. The number of carbonyl (C=O) groups is 1. The molecule has 1 aromatic rings. The van der Waals surface area contributed by atoms with Crippen LogP contribution in [0.2, 0.25) is 0 Å². The summed E-state index contributed by atoms with van der Waals surface area (Å²) < 4.78 is 23.9. The summed E-state index contributed by atoms with van der Waals surface area (Å²) in [5.74, 6) is 2.37. The Bertz CT molecular complexity index is 790. The zero-order chi connectivity index (χ0) is 21.9. The highest BCUT2D eigenvalue weighted by Gasteiger charge is 2.57. The SMILES string of the molecule is CC(C)(C)OC(=O)N1C[C@@H]2[C@@H](COc3cccc(B4OC(C)(C)C(C)(C)O4)c3)[C@@H]2C1. The third-order valence-electron chi connectivity index (χ3n) is 6.85. The van der Waals surface area contributed by atoms with Crippen molar-refractivity contribution in [2.24, 2.45) is 17.8 Å². The van der Waals surface area contributed by atoms with Crippen molar-refractivity contribution < 1.29 is 23.6 Å². The first-order chi connectivity index (χ1) is 13.9. The van der Waals surface area contributed by atoms with Gasteiger partial charge in [-0.2, -0.15) is 0 Å². The average molecular weight is 415 g/mol. The molecule has 0 spiro atoms. The van der Waals surface area contributed by atoms with E-state index in [2.05, 4.69) is 27.7 Å². The van der Waals surface area contributed by atoms with E-state index in [1.165, 1.54) is 0 Å².